The molecular formula is C17H12N4O2S. The Labute approximate surface area is 142 Å². The average molecular weight is 336 g/mol. The monoisotopic (exact) mass is 336 g/mol. The molecule has 0 bridgehead atoms. The number of anilines is 1. The Hall–Kier alpha value is -3.11. The van der Waals surface area contributed by atoms with Crippen LogP contribution in [0, 0.1) is 11.3 Å². The van der Waals surface area contributed by atoms with Gasteiger partial charge in [-0.1, -0.05) is 18.2 Å². The van der Waals surface area contributed by atoms with E-state index in [9.17, 15) is 10.1 Å². The van der Waals surface area contributed by atoms with Crippen LogP contribution in [-0.2, 0) is 0 Å². The summed E-state index contributed by atoms with van der Waals surface area (Å²) in [4.78, 5) is 20.8. The number of hydrogen-bond acceptors (Lipinski definition) is 6. The quantitative estimate of drug-likeness (QED) is 0.578. The molecule has 0 aliphatic carbocycles. The van der Waals surface area contributed by atoms with Gasteiger partial charge >= 0.3 is 0 Å². The van der Waals surface area contributed by atoms with E-state index in [0.29, 0.717) is 27.6 Å². The lowest BCUT2D eigenvalue weighted by Gasteiger charge is -2.09. The van der Waals surface area contributed by atoms with Crippen LogP contribution in [0.4, 0.5) is 5.95 Å². The standard InChI is InChI=1S/C17H12N4O2S/c1-24-16-12(10-18)14(13-8-5-9-23-13)19-17(21-16)20-15(22)11-6-3-2-4-7-11/h2-9H,1H3,(H,19,20,21,22). The first-order chi connectivity index (χ1) is 11.7. The van der Waals surface area contributed by atoms with Crippen molar-refractivity contribution in [3.8, 4) is 17.5 Å². The minimum Gasteiger partial charge on any atom is -0.463 e. The maximum Gasteiger partial charge on any atom is 0.258 e. The number of hydrogen-bond donors (Lipinski definition) is 1. The van der Waals surface area contributed by atoms with E-state index in [0.717, 1.165) is 0 Å². The van der Waals surface area contributed by atoms with E-state index in [1.165, 1.54) is 18.0 Å². The van der Waals surface area contributed by atoms with Crippen molar-refractivity contribution >= 4 is 23.6 Å². The van der Waals surface area contributed by atoms with Crippen LogP contribution in [0.2, 0.25) is 0 Å². The van der Waals surface area contributed by atoms with E-state index in [4.69, 9.17) is 4.42 Å². The zero-order chi connectivity index (χ0) is 16.9. The van der Waals surface area contributed by atoms with Crippen molar-refractivity contribution in [2.45, 2.75) is 5.03 Å². The van der Waals surface area contributed by atoms with Gasteiger partial charge in [-0.3, -0.25) is 10.1 Å². The molecule has 3 rings (SSSR count). The van der Waals surface area contributed by atoms with Crippen LogP contribution >= 0.6 is 11.8 Å². The lowest BCUT2D eigenvalue weighted by molar-refractivity contribution is 0.102. The molecule has 24 heavy (non-hydrogen) atoms. The number of amides is 1. The first-order valence-electron chi connectivity index (χ1n) is 6.99. The number of carbonyl (C=O) groups is 1. The Kier molecular flexibility index (Phi) is 4.59. The van der Waals surface area contributed by atoms with E-state index < -0.39 is 0 Å². The number of nitriles is 1. The summed E-state index contributed by atoms with van der Waals surface area (Å²) in [6, 6.07) is 14.3. The van der Waals surface area contributed by atoms with Crippen LogP contribution in [0.25, 0.3) is 11.5 Å². The molecule has 1 aromatic carbocycles. The summed E-state index contributed by atoms with van der Waals surface area (Å²) in [5.41, 5.74) is 1.16. The Morgan fingerprint density at radius 2 is 2.00 bits per heavy atom. The van der Waals surface area contributed by atoms with Crippen LogP contribution in [0.3, 0.4) is 0 Å². The molecule has 3 aromatic rings. The lowest BCUT2D eigenvalue weighted by atomic mass is 10.2. The van der Waals surface area contributed by atoms with Crippen LogP contribution in [-0.4, -0.2) is 22.1 Å². The summed E-state index contributed by atoms with van der Waals surface area (Å²) in [5.74, 6) is 0.246. The highest BCUT2D eigenvalue weighted by molar-refractivity contribution is 7.98. The third kappa shape index (κ3) is 3.14. The van der Waals surface area contributed by atoms with Crippen molar-refractivity contribution in [3.63, 3.8) is 0 Å². The van der Waals surface area contributed by atoms with Gasteiger partial charge in [0.05, 0.1) is 6.26 Å². The summed E-state index contributed by atoms with van der Waals surface area (Å²) in [6.07, 6.45) is 3.30. The molecule has 6 nitrogen and oxygen atoms in total. The highest BCUT2D eigenvalue weighted by Crippen LogP contribution is 2.29. The summed E-state index contributed by atoms with van der Waals surface area (Å²) < 4.78 is 5.34. The number of thioether (sulfide) groups is 1. The smallest absolute Gasteiger partial charge is 0.258 e. The molecule has 0 saturated carbocycles. The number of aromatic nitrogens is 2. The zero-order valence-electron chi connectivity index (χ0n) is 12.7. The predicted molar refractivity (Wildman–Crippen MR) is 90.6 cm³/mol. The SMILES string of the molecule is CSc1nc(NC(=O)c2ccccc2)nc(-c2ccco2)c1C#N. The molecule has 0 radical (unpaired) electrons. The van der Waals surface area contributed by atoms with Gasteiger partial charge in [-0.05, 0) is 30.5 Å². The lowest BCUT2D eigenvalue weighted by Crippen LogP contribution is -2.15. The van der Waals surface area contributed by atoms with Gasteiger partial charge in [0.1, 0.15) is 22.4 Å². The number of furan rings is 1. The molecule has 1 amide bonds. The van der Waals surface area contributed by atoms with Gasteiger partial charge in [-0.25, -0.2) is 9.97 Å². The third-order valence-corrected chi connectivity index (χ3v) is 3.88. The predicted octanol–water partition coefficient (Wildman–Crippen LogP) is 3.58. The van der Waals surface area contributed by atoms with Crippen LogP contribution < -0.4 is 5.32 Å². The molecule has 2 aromatic heterocycles. The normalized spacial score (nSPS) is 10.2. The topological polar surface area (TPSA) is 91.8 Å². The number of nitrogens with zero attached hydrogens (tertiary/aromatic N) is 3. The average Bonchev–Trinajstić information content (AvgIpc) is 3.16. The largest absolute Gasteiger partial charge is 0.463 e. The van der Waals surface area contributed by atoms with Crippen molar-refractivity contribution in [2.24, 2.45) is 0 Å². The maximum atomic E-state index is 12.3. The first kappa shape index (κ1) is 15.8. The fourth-order valence-electron chi connectivity index (χ4n) is 2.10. The van der Waals surface area contributed by atoms with Gasteiger partial charge in [0.25, 0.3) is 5.91 Å². The fourth-order valence-corrected chi connectivity index (χ4v) is 2.62. The molecule has 0 atom stereocenters. The molecule has 1 N–H and O–H groups in total. The Morgan fingerprint density at radius 3 is 2.62 bits per heavy atom. The maximum absolute atomic E-state index is 12.3. The molecule has 0 aliphatic rings. The second-order valence-corrected chi connectivity index (χ2v) is 5.48. The third-order valence-electron chi connectivity index (χ3n) is 3.20. The Bertz CT molecular complexity index is 902. The molecular weight excluding hydrogens is 324 g/mol. The molecule has 0 aliphatic heterocycles. The van der Waals surface area contributed by atoms with E-state index in [2.05, 4.69) is 21.4 Å². The summed E-state index contributed by atoms with van der Waals surface area (Å²) in [6.45, 7) is 0. The Balaban J connectivity index is 2.02. The van der Waals surface area contributed by atoms with Crippen LogP contribution in [0.5, 0.6) is 0 Å². The van der Waals surface area contributed by atoms with E-state index in [-0.39, 0.29) is 11.9 Å². The van der Waals surface area contributed by atoms with E-state index in [1.54, 1.807) is 42.7 Å². The minimum absolute atomic E-state index is 0.124. The van der Waals surface area contributed by atoms with Crippen LogP contribution in [0.1, 0.15) is 15.9 Å². The van der Waals surface area contributed by atoms with Crippen molar-refractivity contribution in [2.75, 3.05) is 11.6 Å². The van der Waals surface area contributed by atoms with Crippen molar-refractivity contribution < 1.29 is 9.21 Å². The van der Waals surface area contributed by atoms with E-state index in [1.807, 2.05) is 6.07 Å². The molecule has 0 saturated heterocycles. The van der Waals surface area contributed by atoms with E-state index >= 15 is 0 Å². The van der Waals surface area contributed by atoms with Crippen molar-refractivity contribution in [3.05, 3.63) is 59.9 Å². The molecule has 7 heteroatoms. The summed E-state index contributed by atoms with van der Waals surface area (Å²) >= 11 is 1.30. The van der Waals surface area contributed by atoms with Gasteiger partial charge in [0.2, 0.25) is 5.95 Å². The summed E-state index contributed by atoms with van der Waals surface area (Å²) in [7, 11) is 0. The highest BCUT2D eigenvalue weighted by Gasteiger charge is 2.18. The van der Waals surface area contributed by atoms with Gasteiger partial charge in [0, 0.05) is 5.56 Å². The van der Waals surface area contributed by atoms with Gasteiger partial charge < -0.3 is 4.42 Å². The van der Waals surface area contributed by atoms with Gasteiger partial charge in [-0.15, -0.1) is 11.8 Å². The van der Waals surface area contributed by atoms with Crippen molar-refractivity contribution in [1.29, 1.82) is 5.26 Å². The molecule has 0 fully saturated rings. The van der Waals surface area contributed by atoms with Gasteiger partial charge in [-0.2, -0.15) is 5.26 Å². The summed E-state index contributed by atoms with van der Waals surface area (Å²) in [5, 5.41) is 12.5. The molecule has 2 heterocycles. The number of rotatable bonds is 4. The second kappa shape index (κ2) is 6.98. The minimum atomic E-state index is -0.322. The fraction of sp³-hybridized carbons (Fsp3) is 0.0588. The Morgan fingerprint density at radius 1 is 1.21 bits per heavy atom. The number of carbonyl (C=O) groups excluding carboxylic acids is 1. The number of benzene rings is 1. The second-order valence-electron chi connectivity index (χ2n) is 4.69. The van der Waals surface area contributed by atoms with Gasteiger partial charge in [0.15, 0.2) is 5.76 Å². The van der Waals surface area contributed by atoms with Crippen molar-refractivity contribution in [1.82, 2.24) is 9.97 Å². The molecule has 0 spiro atoms. The molecule has 0 unspecified atom stereocenters. The first-order valence-corrected chi connectivity index (χ1v) is 8.22. The zero-order valence-corrected chi connectivity index (χ0v) is 13.5. The highest BCUT2D eigenvalue weighted by atomic mass is 32.2. The van der Waals surface area contributed by atoms with Crippen LogP contribution in [0.15, 0.2) is 58.2 Å². The number of nitrogens with one attached hydrogen (secondary N) is 1. The molecule has 118 valence electrons.